The van der Waals surface area contributed by atoms with Crippen LogP contribution in [0.1, 0.15) is 21.3 Å². The molecule has 2 aliphatic heterocycles. The summed E-state index contributed by atoms with van der Waals surface area (Å²) < 4.78 is 1.69. The summed E-state index contributed by atoms with van der Waals surface area (Å²) >= 11 is 2.55. The topological polar surface area (TPSA) is 154 Å². The predicted molar refractivity (Wildman–Crippen MR) is 114 cm³/mol. The molecule has 166 valence electrons. The van der Waals surface area contributed by atoms with Gasteiger partial charge < -0.3 is 21.3 Å². The van der Waals surface area contributed by atoms with Crippen molar-refractivity contribution < 1.29 is 34.0 Å². The molecule has 12 heteroatoms. The summed E-state index contributed by atoms with van der Waals surface area (Å²) in [6.07, 6.45) is 1.82. The number of nitrogens with two attached hydrogens (primary N) is 1. The van der Waals surface area contributed by atoms with Gasteiger partial charge in [-0.15, -0.1) is 23.1 Å². The van der Waals surface area contributed by atoms with E-state index < -0.39 is 41.2 Å². The van der Waals surface area contributed by atoms with Crippen LogP contribution in [0.15, 0.2) is 53.3 Å². The first-order valence-electron chi connectivity index (χ1n) is 9.48. The fourth-order valence-electron chi connectivity index (χ4n) is 3.56. The number of β-lactam (4-membered cyclic amide) rings is 1. The second kappa shape index (κ2) is 8.73. The van der Waals surface area contributed by atoms with E-state index >= 15 is 0 Å². The van der Waals surface area contributed by atoms with Gasteiger partial charge >= 0.3 is 5.97 Å². The average molecular weight is 476 g/mol. The van der Waals surface area contributed by atoms with E-state index in [1.54, 1.807) is 34.5 Å². The molecule has 0 spiro atoms. The number of carbonyl (C=O) groups is 4. The third-order valence-electron chi connectivity index (χ3n) is 5.16. The van der Waals surface area contributed by atoms with Gasteiger partial charge in [-0.25, -0.2) is 9.36 Å². The van der Waals surface area contributed by atoms with Gasteiger partial charge in [0.05, 0.1) is 5.56 Å². The molecule has 0 saturated carbocycles. The number of aliphatic carboxylic acids is 1. The first kappa shape index (κ1) is 22.0. The summed E-state index contributed by atoms with van der Waals surface area (Å²) in [5, 5.41) is 23.6. The van der Waals surface area contributed by atoms with Crippen molar-refractivity contribution in [2.45, 2.75) is 24.1 Å². The Balaban J connectivity index is 1.50. The summed E-state index contributed by atoms with van der Waals surface area (Å²) in [6, 6.07) is 5.46. The van der Waals surface area contributed by atoms with Crippen molar-refractivity contribution in [3.8, 4) is 0 Å². The number of aliphatic hydroxyl groups excluding tert-OH is 1. The first-order valence-corrected chi connectivity index (χ1v) is 11.4. The van der Waals surface area contributed by atoms with Crippen LogP contribution in [0.25, 0.3) is 0 Å². The minimum Gasteiger partial charge on any atom is -0.477 e. The molecule has 2 aromatic rings. The molecule has 0 unspecified atom stereocenters. The number of pyridine rings is 1. The number of nitrogens with zero attached hydrogens (tertiary/aromatic N) is 2. The van der Waals surface area contributed by atoms with Gasteiger partial charge in [-0.1, -0.05) is 6.07 Å². The van der Waals surface area contributed by atoms with Crippen molar-refractivity contribution in [3.63, 3.8) is 0 Å². The van der Waals surface area contributed by atoms with Crippen LogP contribution in [0.4, 0.5) is 0 Å². The Hall–Kier alpha value is -3.22. The zero-order chi connectivity index (χ0) is 23.0. The third kappa shape index (κ3) is 3.99. The maximum Gasteiger partial charge on any atom is 0.352 e. The summed E-state index contributed by atoms with van der Waals surface area (Å²) in [5.41, 5.74) is 5.96. The minimum atomic E-state index is -1.39. The highest BCUT2D eigenvalue weighted by atomic mass is 32.2. The Morgan fingerprint density at radius 3 is 2.59 bits per heavy atom. The summed E-state index contributed by atoms with van der Waals surface area (Å²) in [7, 11) is 0. The maximum atomic E-state index is 12.7. The fourth-order valence-corrected chi connectivity index (χ4v) is 5.60. The number of aromatic nitrogens is 1. The molecule has 0 bridgehead atoms. The molecule has 2 aromatic heterocycles. The maximum absolute atomic E-state index is 12.7. The van der Waals surface area contributed by atoms with E-state index in [1.165, 1.54) is 40.1 Å². The van der Waals surface area contributed by atoms with E-state index in [-0.39, 0.29) is 12.2 Å². The molecule has 2 aliphatic rings. The number of amides is 3. The molecule has 0 aromatic carbocycles. The first-order chi connectivity index (χ1) is 15.3. The molecule has 0 aliphatic carbocycles. The number of aliphatic hydroxyl groups is 1. The van der Waals surface area contributed by atoms with E-state index in [1.807, 2.05) is 0 Å². The van der Waals surface area contributed by atoms with Gasteiger partial charge in [0, 0.05) is 28.3 Å². The van der Waals surface area contributed by atoms with Crippen LogP contribution in [0.5, 0.6) is 0 Å². The van der Waals surface area contributed by atoms with Crippen molar-refractivity contribution >= 4 is 46.8 Å². The van der Waals surface area contributed by atoms with Crippen LogP contribution in [0.2, 0.25) is 0 Å². The summed E-state index contributed by atoms with van der Waals surface area (Å²) in [4.78, 5) is 49.9. The molecular formula is C20H19N4O6S2+. The van der Waals surface area contributed by atoms with Crippen molar-refractivity contribution in [1.82, 2.24) is 10.2 Å². The van der Waals surface area contributed by atoms with Gasteiger partial charge in [-0.05, 0) is 11.4 Å². The number of carboxylic acids is 1. The van der Waals surface area contributed by atoms with Gasteiger partial charge in [0.25, 0.3) is 11.8 Å². The fraction of sp³-hybridized carbons (Fsp3) is 0.250. The number of carboxylic acid groups (broad SMARTS) is 1. The van der Waals surface area contributed by atoms with E-state index in [2.05, 4.69) is 5.32 Å². The van der Waals surface area contributed by atoms with E-state index in [0.717, 1.165) is 0 Å². The molecular weight excluding hydrogens is 456 g/mol. The number of rotatable bonds is 7. The zero-order valence-corrected chi connectivity index (χ0v) is 18.1. The monoisotopic (exact) mass is 475 g/mol. The van der Waals surface area contributed by atoms with E-state index in [9.17, 15) is 29.4 Å². The highest BCUT2D eigenvalue weighted by Gasteiger charge is 2.54. The smallest absolute Gasteiger partial charge is 0.352 e. The summed E-state index contributed by atoms with van der Waals surface area (Å²) in [5.74, 6) is -2.72. The van der Waals surface area contributed by atoms with Gasteiger partial charge in [-0.2, -0.15) is 0 Å². The van der Waals surface area contributed by atoms with Crippen LogP contribution < -0.4 is 15.6 Å². The lowest BCUT2D eigenvalue weighted by atomic mass is 10.0. The normalized spacial score (nSPS) is 20.9. The van der Waals surface area contributed by atoms with Crippen LogP contribution in [0.3, 0.4) is 0 Å². The lowest BCUT2D eigenvalue weighted by Crippen LogP contribution is -2.71. The number of carbonyl (C=O) groups excluding carboxylic acids is 3. The summed E-state index contributed by atoms with van der Waals surface area (Å²) in [6.45, 7) is 0.207. The van der Waals surface area contributed by atoms with Crippen LogP contribution in [-0.2, 0) is 20.9 Å². The second-order valence-corrected chi connectivity index (χ2v) is 9.28. The number of primary amides is 1. The Labute approximate surface area is 190 Å². The lowest BCUT2D eigenvalue weighted by molar-refractivity contribution is -0.689. The van der Waals surface area contributed by atoms with Gasteiger partial charge in [0.15, 0.2) is 25.0 Å². The Morgan fingerprint density at radius 2 is 2.00 bits per heavy atom. The SMILES string of the molecule is NC(=O)c1cc[n+](CC2=C(C(=O)O)N3C(=O)[C@@H](NC(=O)[C@H](O)c4cccs4)[C@H]3SC2)cc1. The van der Waals surface area contributed by atoms with Gasteiger partial charge in [0.1, 0.15) is 17.1 Å². The largest absolute Gasteiger partial charge is 0.477 e. The highest BCUT2D eigenvalue weighted by molar-refractivity contribution is 8.00. The number of fused-ring (bicyclic) bond motifs is 1. The number of hydrogen-bond acceptors (Lipinski definition) is 7. The zero-order valence-electron chi connectivity index (χ0n) is 16.5. The molecule has 1 fully saturated rings. The Morgan fingerprint density at radius 1 is 1.28 bits per heavy atom. The molecule has 5 N–H and O–H groups in total. The number of hydrogen-bond donors (Lipinski definition) is 4. The highest BCUT2D eigenvalue weighted by Crippen LogP contribution is 2.40. The predicted octanol–water partition coefficient (Wildman–Crippen LogP) is -0.393. The molecule has 3 amide bonds. The molecule has 3 atom stereocenters. The molecule has 1 saturated heterocycles. The molecule has 32 heavy (non-hydrogen) atoms. The van der Waals surface area contributed by atoms with Crippen molar-refractivity contribution in [3.05, 3.63) is 63.7 Å². The van der Waals surface area contributed by atoms with Crippen LogP contribution in [0, 0.1) is 0 Å². The molecule has 10 nitrogen and oxygen atoms in total. The van der Waals surface area contributed by atoms with E-state index in [0.29, 0.717) is 21.8 Å². The van der Waals surface area contributed by atoms with Crippen LogP contribution in [-0.4, -0.2) is 56.0 Å². The number of thioether (sulfide) groups is 1. The van der Waals surface area contributed by atoms with Gasteiger partial charge in [-0.3, -0.25) is 19.3 Å². The molecule has 4 rings (SSSR count). The standard InChI is InChI=1S/C20H18N4O6S2/c21-16(26)10-3-5-23(6-4-10)8-11-9-32-19-13(18(28)24(19)14(11)20(29)30)22-17(27)15(25)12-2-1-7-31-12/h1-7,13,15,19,25H,8-9H2,(H3-,21,22,26,27,29,30)/p+1/t13-,15-,19-/m1/s1. The Bertz CT molecular complexity index is 1120. The van der Waals surface area contributed by atoms with Crippen molar-refractivity contribution in [2.75, 3.05) is 5.75 Å². The van der Waals surface area contributed by atoms with Crippen molar-refractivity contribution in [1.29, 1.82) is 0 Å². The minimum absolute atomic E-state index is 0.116. The second-order valence-electron chi connectivity index (χ2n) is 7.19. The lowest BCUT2D eigenvalue weighted by Gasteiger charge is -2.49. The van der Waals surface area contributed by atoms with Gasteiger partial charge in [0.2, 0.25) is 5.91 Å². The average Bonchev–Trinajstić information content (AvgIpc) is 3.31. The molecule has 4 heterocycles. The third-order valence-corrected chi connectivity index (χ3v) is 7.42. The quantitative estimate of drug-likeness (QED) is 0.314. The van der Waals surface area contributed by atoms with E-state index in [4.69, 9.17) is 5.73 Å². The molecule has 0 radical (unpaired) electrons. The Kier molecular flexibility index (Phi) is 6.00. The number of nitrogens with one attached hydrogen (secondary N) is 1. The number of thiophene rings is 1. The van der Waals surface area contributed by atoms with Crippen LogP contribution >= 0.6 is 23.1 Å². The van der Waals surface area contributed by atoms with Crippen molar-refractivity contribution in [2.24, 2.45) is 5.73 Å².